The molecule has 1 saturated heterocycles. The lowest BCUT2D eigenvalue weighted by atomic mass is 10.0. The third-order valence-electron chi connectivity index (χ3n) is 2.16. The molecule has 78 valence electrons. The number of H-pyrrole nitrogens is 1. The van der Waals surface area contributed by atoms with Gasteiger partial charge in [0.05, 0.1) is 6.61 Å². The van der Waals surface area contributed by atoms with E-state index in [-0.39, 0.29) is 5.95 Å². The van der Waals surface area contributed by atoms with Gasteiger partial charge in [0.1, 0.15) is 5.60 Å². The fourth-order valence-electron chi connectivity index (χ4n) is 1.33. The molecule has 1 unspecified atom stereocenters. The van der Waals surface area contributed by atoms with Crippen LogP contribution in [-0.2, 0) is 4.74 Å². The van der Waals surface area contributed by atoms with E-state index in [1.165, 1.54) is 0 Å². The van der Waals surface area contributed by atoms with Crippen LogP contribution in [0.5, 0.6) is 0 Å². The monoisotopic (exact) mass is 199 g/mol. The van der Waals surface area contributed by atoms with E-state index >= 15 is 0 Å². The number of aromatic amines is 1. The quantitative estimate of drug-likeness (QED) is 0.494. The molecule has 0 saturated carbocycles. The topological polar surface area (TPSA) is 109 Å². The largest absolute Gasteiger partial charge is 0.386 e. The van der Waals surface area contributed by atoms with Crippen LogP contribution in [0.3, 0.4) is 0 Å². The van der Waals surface area contributed by atoms with Crippen LogP contribution >= 0.6 is 0 Å². The summed E-state index contributed by atoms with van der Waals surface area (Å²) in [4.78, 5) is 3.85. The number of nitrogens with one attached hydrogen (secondary N) is 2. The Labute approximate surface area is 80.7 Å². The number of anilines is 2. The highest BCUT2D eigenvalue weighted by molar-refractivity contribution is 5.30. The van der Waals surface area contributed by atoms with Gasteiger partial charge in [0.15, 0.2) is 0 Å². The van der Waals surface area contributed by atoms with Crippen molar-refractivity contribution in [2.45, 2.75) is 12.0 Å². The third kappa shape index (κ3) is 1.94. The molecule has 1 aromatic rings. The Morgan fingerprint density at radius 1 is 1.71 bits per heavy atom. The molecule has 5 N–H and O–H groups in total. The van der Waals surface area contributed by atoms with Crippen molar-refractivity contribution in [1.29, 1.82) is 0 Å². The molecule has 7 heteroatoms. The number of nitrogens with two attached hydrogens (primary N) is 1. The SMILES string of the molecule is Nc1nc(NCC2(O)CCOC2)n[nH]1. The molecule has 2 rings (SSSR count). The highest BCUT2D eigenvalue weighted by Gasteiger charge is 2.32. The molecule has 0 spiro atoms. The van der Waals surface area contributed by atoms with E-state index in [0.717, 1.165) is 0 Å². The average Bonchev–Trinajstić information content (AvgIpc) is 2.73. The number of hydrogen-bond donors (Lipinski definition) is 4. The molecule has 1 aliphatic heterocycles. The van der Waals surface area contributed by atoms with E-state index in [0.29, 0.717) is 32.1 Å². The van der Waals surface area contributed by atoms with Gasteiger partial charge in [0, 0.05) is 19.6 Å². The van der Waals surface area contributed by atoms with Gasteiger partial charge < -0.3 is 20.9 Å². The van der Waals surface area contributed by atoms with Crippen molar-refractivity contribution >= 4 is 11.9 Å². The van der Waals surface area contributed by atoms with Gasteiger partial charge in [-0.15, -0.1) is 5.10 Å². The summed E-state index contributed by atoms with van der Waals surface area (Å²) in [5.74, 6) is 0.644. The molecule has 0 radical (unpaired) electrons. The summed E-state index contributed by atoms with van der Waals surface area (Å²) >= 11 is 0. The van der Waals surface area contributed by atoms with Crippen molar-refractivity contribution in [2.75, 3.05) is 30.8 Å². The molecule has 1 aliphatic rings. The number of aromatic nitrogens is 3. The van der Waals surface area contributed by atoms with Crippen molar-refractivity contribution in [3.8, 4) is 0 Å². The second-order valence-corrected chi connectivity index (χ2v) is 3.42. The molecule has 0 aromatic carbocycles. The van der Waals surface area contributed by atoms with E-state index in [9.17, 15) is 5.11 Å². The molecule has 0 bridgehead atoms. The van der Waals surface area contributed by atoms with Crippen LogP contribution in [0.25, 0.3) is 0 Å². The fraction of sp³-hybridized carbons (Fsp3) is 0.714. The zero-order valence-corrected chi connectivity index (χ0v) is 7.66. The molecule has 0 aliphatic carbocycles. The summed E-state index contributed by atoms with van der Waals surface area (Å²) in [5.41, 5.74) is 4.53. The summed E-state index contributed by atoms with van der Waals surface area (Å²) in [6.45, 7) is 1.30. The van der Waals surface area contributed by atoms with Crippen LogP contribution in [0.1, 0.15) is 6.42 Å². The fourth-order valence-corrected chi connectivity index (χ4v) is 1.33. The first-order chi connectivity index (χ1) is 6.68. The lowest BCUT2D eigenvalue weighted by molar-refractivity contribution is 0.0380. The number of aliphatic hydroxyl groups is 1. The minimum absolute atomic E-state index is 0.252. The first kappa shape index (κ1) is 9.22. The zero-order valence-electron chi connectivity index (χ0n) is 7.66. The van der Waals surface area contributed by atoms with Gasteiger partial charge >= 0.3 is 0 Å². The van der Waals surface area contributed by atoms with Crippen LogP contribution in [-0.4, -0.2) is 45.6 Å². The van der Waals surface area contributed by atoms with Crippen LogP contribution in [0.2, 0.25) is 0 Å². The molecule has 1 fully saturated rings. The Balaban J connectivity index is 1.87. The Morgan fingerprint density at radius 3 is 3.14 bits per heavy atom. The second-order valence-electron chi connectivity index (χ2n) is 3.42. The average molecular weight is 199 g/mol. The van der Waals surface area contributed by atoms with Crippen molar-refractivity contribution in [3.05, 3.63) is 0 Å². The standard InChI is InChI=1S/C7H13N5O2/c8-5-10-6(12-11-5)9-3-7(13)1-2-14-4-7/h13H,1-4H2,(H4,8,9,10,11,12). The first-order valence-corrected chi connectivity index (χ1v) is 4.40. The number of hydrogen-bond acceptors (Lipinski definition) is 6. The Bertz CT molecular complexity index is 307. The summed E-state index contributed by atoms with van der Waals surface area (Å²) in [7, 11) is 0. The van der Waals surface area contributed by atoms with Crippen LogP contribution in [0, 0.1) is 0 Å². The van der Waals surface area contributed by atoms with Gasteiger partial charge in [-0.2, -0.15) is 4.98 Å². The molecule has 2 heterocycles. The number of ether oxygens (including phenoxy) is 1. The lowest BCUT2D eigenvalue weighted by Gasteiger charge is -2.19. The van der Waals surface area contributed by atoms with Crippen LogP contribution in [0.4, 0.5) is 11.9 Å². The Hall–Kier alpha value is -1.34. The first-order valence-electron chi connectivity index (χ1n) is 4.40. The molecule has 1 aromatic heterocycles. The van der Waals surface area contributed by atoms with E-state index in [4.69, 9.17) is 10.5 Å². The van der Waals surface area contributed by atoms with Gasteiger partial charge in [0.2, 0.25) is 11.9 Å². The van der Waals surface area contributed by atoms with Crippen molar-refractivity contribution in [1.82, 2.24) is 15.2 Å². The molecular weight excluding hydrogens is 186 g/mol. The molecule has 7 nitrogen and oxygen atoms in total. The molecular formula is C7H13N5O2. The number of nitrogen functional groups attached to an aromatic ring is 1. The minimum Gasteiger partial charge on any atom is -0.386 e. The van der Waals surface area contributed by atoms with Gasteiger partial charge in [-0.25, -0.2) is 5.10 Å². The predicted octanol–water partition coefficient (Wildman–Crippen LogP) is -1.05. The van der Waals surface area contributed by atoms with Gasteiger partial charge in [-0.3, -0.25) is 0 Å². The van der Waals surface area contributed by atoms with E-state index in [1.807, 2.05) is 0 Å². The highest BCUT2D eigenvalue weighted by Crippen LogP contribution is 2.18. The number of rotatable bonds is 3. The maximum Gasteiger partial charge on any atom is 0.243 e. The van der Waals surface area contributed by atoms with Crippen molar-refractivity contribution < 1.29 is 9.84 Å². The number of nitrogens with zero attached hydrogens (tertiary/aromatic N) is 2. The Morgan fingerprint density at radius 2 is 2.57 bits per heavy atom. The maximum atomic E-state index is 9.87. The molecule has 1 atom stereocenters. The maximum absolute atomic E-state index is 9.87. The van der Waals surface area contributed by atoms with Gasteiger partial charge in [-0.05, 0) is 0 Å². The van der Waals surface area contributed by atoms with Crippen molar-refractivity contribution in [2.24, 2.45) is 0 Å². The summed E-state index contributed by atoms with van der Waals surface area (Å²) in [5, 5.41) is 19.0. The molecule has 14 heavy (non-hydrogen) atoms. The van der Waals surface area contributed by atoms with Crippen molar-refractivity contribution in [3.63, 3.8) is 0 Å². The third-order valence-corrected chi connectivity index (χ3v) is 2.16. The minimum atomic E-state index is -0.810. The van der Waals surface area contributed by atoms with E-state index < -0.39 is 5.60 Å². The summed E-state index contributed by atoms with van der Waals surface area (Å²) in [6, 6.07) is 0. The van der Waals surface area contributed by atoms with Crippen LogP contribution < -0.4 is 11.1 Å². The normalized spacial score (nSPS) is 26.6. The summed E-state index contributed by atoms with van der Waals surface area (Å²) in [6.07, 6.45) is 0.625. The van der Waals surface area contributed by atoms with Gasteiger partial charge in [0.25, 0.3) is 0 Å². The zero-order chi connectivity index (χ0) is 10.0. The lowest BCUT2D eigenvalue weighted by Crippen LogP contribution is -2.37. The second kappa shape index (κ2) is 3.43. The van der Waals surface area contributed by atoms with E-state index in [2.05, 4.69) is 20.5 Å². The van der Waals surface area contributed by atoms with Crippen LogP contribution in [0.15, 0.2) is 0 Å². The van der Waals surface area contributed by atoms with E-state index in [1.54, 1.807) is 0 Å². The van der Waals surface area contributed by atoms with Gasteiger partial charge in [-0.1, -0.05) is 0 Å². The smallest absolute Gasteiger partial charge is 0.243 e. The summed E-state index contributed by atoms with van der Waals surface area (Å²) < 4.78 is 5.09. The predicted molar refractivity (Wildman–Crippen MR) is 49.7 cm³/mol. The highest BCUT2D eigenvalue weighted by atomic mass is 16.5. The molecule has 0 amide bonds. The Kier molecular flexibility index (Phi) is 2.26.